The monoisotopic (exact) mass is 391 g/mol. The highest BCUT2D eigenvalue weighted by Crippen LogP contribution is 2.22. The van der Waals surface area contributed by atoms with E-state index in [0.717, 1.165) is 5.69 Å². The summed E-state index contributed by atoms with van der Waals surface area (Å²) in [6.07, 6.45) is -0.205. The molecule has 2 aromatic rings. The van der Waals surface area contributed by atoms with Gasteiger partial charge >= 0.3 is 0 Å². The molecule has 1 atom stereocenters. The van der Waals surface area contributed by atoms with E-state index < -0.39 is 17.9 Å². The first-order valence-corrected chi connectivity index (χ1v) is 8.84. The molecule has 8 heteroatoms. The van der Waals surface area contributed by atoms with Crippen molar-refractivity contribution in [3.8, 4) is 5.75 Å². The molecular weight excluding hydrogens is 370 g/mol. The number of carbonyl (C=O) groups is 2. The van der Waals surface area contributed by atoms with E-state index in [1.54, 1.807) is 36.7 Å². The molecule has 0 fully saturated rings. The maximum Gasteiger partial charge on any atom is 0.230 e. The summed E-state index contributed by atoms with van der Waals surface area (Å²) in [4.78, 5) is 23.4. The van der Waals surface area contributed by atoms with Crippen molar-refractivity contribution in [2.24, 2.45) is 0 Å². The number of hydrogen-bond acceptors (Lipinski definition) is 5. The van der Waals surface area contributed by atoms with Gasteiger partial charge in [-0.1, -0.05) is 29.8 Å². The molecule has 0 spiro atoms. The SMILES string of the molecule is COc1ccccc1NCC[NH2+][C@H](CC(=O)Nc1cccc(Cl)c1)C(=O)[O-]. The van der Waals surface area contributed by atoms with E-state index in [-0.39, 0.29) is 6.42 Å². The van der Waals surface area contributed by atoms with Gasteiger partial charge in [-0.2, -0.15) is 0 Å². The molecule has 4 N–H and O–H groups in total. The summed E-state index contributed by atoms with van der Waals surface area (Å²) >= 11 is 5.86. The van der Waals surface area contributed by atoms with E-state index in [2.05, 4.69) is 10.6 Å². The van der Waals surface area contributed by atoms with Gasteiger partial charge in [0, 0.05) is 10.7 Å². The maximum absolute atomic E-state index is 12.1. The van der Waals surface area contributed by atoms with Gasteiger partial charge < -0.3 is 30.6 Å². The summed E-state index contributed by atoms with van der Waals surface area (Å²) < 4.78 is 5.24. The Morgan fingerprint density at radius 3 is 2.70 bits per heavy atom. The second kappa shape index (κ2) is 10.4. The number of hydrogen-bond donors (Lipinski definition) is 3. The molecule has 0 saturated heterocycles. The number of quaternary nitrogens is 1. The van der Waals surface area contributed by atoms with E-state index in [1.807, 2.05) is 24.3 Å². The number of nitrogens with two attached hydrogens (primary N) is 1. The fourth-order valence-electron chi connectivity index (χ4n) is 2.52. The average molecular weight is 392 g/mol. The molecule has 7 nitrogen and oxygen atoms in total. The summed E-state index contributed by atoms with van der Waals surface area (Å²) in [5.74, 6) is -0.996. The Balaban J connectivity index is 1.81. The summed E-state index contributed by atoms with van der Waals surface area (Å²) in [5, 5.41) is 19.2. The number of halogens is 1. The zero-order valence-corrected chi connectivity index (χ0v) is 15.7. The molecule has 144 valence electrons. The van der Waals surface area contributed by atoms with Crippen LogP contribution in [0.2, 0.25) is 5.02 Å². The number of ether oxygens (including phenoxy) is 1. The Bertz CT molecular complexity index is 785. The molecule has 0 aliphatic carbocycles. The van der Waals surface area contributed by atoms with E-state index in [0.29, 0.717) is 29.5 Å². The number of aliphatic carboxylic acids is 1. The van der Waals surface area contributed by atoms with E-state index in [1.165, 1.54) is 0 Å². The predicted molar refractivity (Wildman–Crippen MR) is 102 cm³/mol. The number of carbonyl (C=O) groups excluding carboxylic acids is 2. The molecule has 0 aromatic heterocycles. The summed E-state index contributed by atoms with van der Waals surface area (Å²) in [5.41, 5.74) is 1.33. The molecule has 0 bridgehead atoms. The highest BCUT2D eigenvalue weighted by molar-refractivity contribution is 6.30. The van der Waals surface area contributed by atoms with Crippen LogP contribution in [0.3, 0.4) is 0 Å². The van der Waals surface area contributed by atoms with Gasteiger partial charge in [0.1, 0.15) is 11.8 Å². The second-order valence-corrected chi connectivity index (χ2v) is 6.28. The molecule has 0 heterocycles. The number of carboxylic acid groups (broad SMARTS) is 1. The Labute approximate surface area is 162 Å². The molecule has 0 aliphatic rings. The molecule has 1 amide bonds. The number of carboxylic acids is 1. The van der Waals surface area contributed by atoms with Crippen molar-refractivity contribution >= 4 is 34.9 Å². The molecule has 0 aliphatic heterocycles. The molecule has 2 aromatic carbocycles. The number of methoxy groups -OCH3 is 1. The van der Waals surface area contributed by atoms with Gasteiger partial charge in [0.25, 0.3) is 0 Å². The van der Waals surface area contributed by atoms with Crippen LogP contribution >= 0.6 is 11.6 Å². The number of amides is 1. The smallest absolute Gasteiger partial charge is 0.230 e. The molecular formula is C19H22ClN3O4. The number of nitrogens with one attached hydrogen (secondary N) is 2. The molecule has 0 unspecified atom stereocenters. The normalized spacial score (nSPS) is 11.5. The third kappa shape index (κ3) is 6.80. The minimum atomic E-state index is -1.28. The van der Waals surface area contributed by atoms with Gasteiger partial charge in [-0.25, -0.2) is 0 Å². The van der Waals surface area contributed by atoms with Crippen LogP contribution in [-0.4, -0.2) is 38.1 Å². The zero-order valence-electron chi connectivity index (χ0n) is 14.9. The van der Waals surface area contributed by atoms with Gasteiger partial charge in [0.15, 0.2) is 0 Å². The van der Waals surface area contributed by atoms with Crippen LogP contribution in [-0.2, 0) is 9.59 Å². The second-order valence-electron chi connectivity index (χ2n) is 5.84. The third-order valence-corrected chi connectivity index (χ3v) is 4.07. The first-order valence-electron chi connectivity index (χ1n) is 8.46. The number of benzene rings is 2. The van der Waals surface area contributed by atoms with Crippen LogP contribution in [0.15, 0.2) is 48.5 Å². The average Bonchev–Trinajstić information content (AvgIpc) is 2.64. The van der Waals surface area contributed by atoms with E-state index in [4.69, 9.17) is 16.3 Å². The quantitative estimate of drug-likeness (QED) is 0.510. The first-order chi connectivity index (χ1) is 13.0. The largest absolute Gasteiger partial charge is 0.544 e. The maximum atomic E-state index is 12.1. The lowest BCUT2D eigenvalue weighted by atomic mass is 10.2. The van der Waals surface area contributed by atoms with Crippen molar-refractivity contribution in [2.75, 3.05) is 30.8 Å². The van der Waals surface area contributed by atoms with Crippen molar-refractivity contribution in [3.05, 3.63) is 53.6 Å². The lowest BCUT2D eigenvalue weighted by molar-refractivity contribution is -0.680. The Kier molecular flexibility index (Phi) is 7.91. The van der Waals surface area contributed by atoms with Gasteiger partial charge in [-0.15, -0.1) is 0 Å². The third-order valence-electron chi connectivity index (χ3n) is 3.83. The molecule has 0 saturated carbocycles. The van der Waals surface area contributed by atoms with Crippen LogP contribution in [0.4, 0.5) is 11.4 Å². The Hall–Kier alpha value is -2.77. The number of para-hydroxylation sites is 2. The molecule has 0 radical (unpaired) electrons. The number of anilines is 2. The topological polar surface area (TPSA) is 107 Å². The van der Waals surface area contributed by atoms with Crippen LogP contribution in [0.5, 0.6) is 5.75 Å². The van der Waals surface area contributed by atoms with Gasteiger partial charge in [0.05, 0.1) is 38.3 Å². The Morgan fingerprint density at radius 2 is 2.00 bits per heavy atom. The van der Waals surface area contributed by atoms with Crippen molar-refractivity contribution in [3.63, 3.8) is 0 Å². The van der Waals surface area contributed by atoms with Crippen molar-refractivity contribution in [1.29, 1.82) is 0 Å². The summed E-state index contributed by atoms with van der Waals surface area (Å²) in [7, 11) is 1.58. The highest BCUT2D eigenvalue weighted by Gasteiger charge is 2.18. The number of rotatable bonds is 10. The molecule has 27 heavy (non-hydrogen) atoms. The van der Waals surface area contributed by atoms with Crippen LogP contribution in [0.25, 0.3) is 0 Å². The fourth-order valence-corrected chi connectivity index (χ4v) is 2.71. The highest BCUT2D eigenvalue weighted by atomic mass is 35.5. The van der Waals surface area contributed by atoms with E-state index in [9.17, 15) is 14.7 Å². The minimum Gasteiger partial charge on any atom is -0.544 e. The van der Waals surface area contributed by atoms with Crippen molar-refractivity contribution < 1.29 is 24.7 Å². The van der Waals surface area contributed by atoms with Crippen molar-refractivity contribution in [2.45, 2.75) is 12.5 Å². The molecule has 2 rings (SSSR count). The standard InChI is InChI=1S/C19H22ClN3O4/c1-27-17-8-3-2-7-15(17)21-9-10-22-16(19(25)26)12-18(24)23-14-6-4-5-13(20)11-14/h2-8,11,16,21-22H,9-10,12H2,1H3,(H,23,24)(H,25,26)/t16-/m1/s1. The summed E-state index contributed by atoms with van der Waals surface area (Å²) in [6.45, 7) is 0.946. The zero-order chi connectivity index (χ0) is 19.6. The van der Waals surface area contributed by atoms with Gasteiger partial charge in [-0.05, 0) is 30.3 Å². The minimum absolute atomic E-state index is 0.205. The fraction of sp³-hybridized carbons (Fsp3) is 0.263. The summed E-state index contributed by atoms with van der Waals surface area (Å²) in [6, 6.07) is 13.1. The first kappa shape index (κ1) is 20.5. The van der Waals surface area contributed by atoms with Gasteiger partial charge in [-0.3, -0.25) is 4.79 Å². The lowest BCUT2D eigenvalue weighted by Crippen LogP contribution is -2.94. The van der Waals surface area contributed by atoms with Crippen LogP contribution in [0.1, 0.15) is 6.42 Å². The van der Waals surface area contributed by atoms with Crippen LogP contribution in [0, 0.1) is 0 Å². The predicted octanol–water partition coefficient (Wildman–Crippen LogP) is 0.471. The van der Waals surface area contributed by atoms with Gasteiger partial charge in [0.2, 0.25) is 5.91 Å². The van der Waals surface area contributed by atoms with Crippen LogP contribution < -0.4 is 25.8 Å². The Morgan fingerprint density at radius 1 is 1.22 bits per heavy atom. The van der Waals surface area contributed by atoms with Crippen molar-refractivity contribution in [1.82, 2.24) is 0 Å². The van der Waals surface area contributed by atoms with E-state index >= 15 is 0 Å². The lowest BCUT2D eigenvalue weighted by Gasteiger charge is -2.17.